The lowest BCUT2D eigenvalue weighted by atomic mass is 10.2. The molecule has 2 amide bonds. The number of hydrogen-bond donors (Lipinski definition) is 0. The van der Waals surface area contributed by atoms with Crippen LogP contribution in [0, 0.1) is 6.92 Å². The molecule has 0 spiro atoms. The Morgan fingerprint density at radius 2 is 1.84 bits per heavy atom. The zero-order valence-corrected chi connectivity index (χ0v) is 14.9. The summed E-state index contributed by atoms with van der Waals surface area (Å²) >= 11 is 1.02. The molecule has 0 saturated carbocycles. The number of amides is 2. The Morgan fingerprint density at radius 1 is 1.12 bits per heavy atom. The lowest BCUT2D eigenvalue weighted by Crippen LogP contribution is -2.45. The number of rotatable bonds is 4. The Bertz CT molecular complexity index is 809. The maximum Gasteiger partial charge on any atom is 0.286 e. The second-order valence-corrected chi connectivity index (χ2v) is 6.06. The minimum absolute atomic E-state index is 0.152. The van der Waals surface area contributed by atoms with Gasteiger partial charge in [-0.15, -0.1) is 5.10 Å². The highest BCUT2D eigenvalue weighted by molar-refractivity contribution is 7.07. The lowest BCUT2D eigenvalue weighted by Gasteiger charge is -2.27. The van der Waals surface area contributed by atoms with Crippen LogP contribution >= 0.6 is 11.5 Å². The van der Waals surface area contributed by atoms with Gasteiger partial charge in [0.1, 0.15) is 10.4 Å². The molecule has 2 aromatic rings. The van der Waals surface area contributed by atoms with E-state index in [4.69, 9.17) is 9.47 Å². The van der Waals surface area contributed by atoms with Gasteiger partial charge in [-0.3, -0.25) is 9.59 Å². The maximum atomic E-state index is 12.9. The highest BCUT2D eigenvalue weighted by Crippen LogP contribution is 2.25. The van der Waals surface area contributed by atoms with Gasteiger partial charge in [0.2, 0.25) is 11.8 Å². The van der Waals surface area contributed by atoms with E-state index in [2.05, 4.69) is 14.6 Å². The predicted molar refractivity (Wildman–Crippen MR) is 88.7 cm³/mol. The minimum atomic E-state index is -0.354. The molecule has 0 atom stereocenters. The molecule has 25 heavy (non-hydrogen) atoms. The largest absolute Gasteiger partial charge is 0.481 e. The van der Waals surface area contributed by atoms with Crippen LogP contribution in [-0.2, 0) is 0 Å². The molecule has 2 aromatic heterocycles. The van der Waals surface area contributed by atoms with Gasteiger partial charge in [0.05, 0.1) is 19.9 Å². The van der Waals surface area contributed by atoms with Crippen LogP contribution < -0.4 is 9.47 Å². The van der Waals surface area contributed by atoms with Crippen LogP contribution in [0.5, 0.6) is 11.8 Å². The zero-order chi connectivity index (χ0) is 18.0. The van der Waals surface area contributed by atoms with E-state index in [1.54, 1.807) is 19.1 Å². The summed E-state index contributed by atoms with van der Waals surface area (Å²) in [6, 6.07) is 3.16. The van der Waals surface area contributed by atoms with Gasteiger partial charge in [0.15, 0.2) is 0 Å². The van der Waals surface area contributed by atoms with E-state index in [-0.39, 0.29) is 23.3 Å². The molecule has 132 valence electrons. The van der Waals surface area contributed by atoms with Crippen molar-refractivity contribution in [2.24, 2.45) is 0 Å². The van der Waals surface area contributed by atoms with Gasteiger partial charge in [0.25, 0.3) is 11.8 Å². The Hall–Kier alpha value is -2.75. The van der Waals surface area contributed by atoms with Gasteiger partial charge in [-0.25, -0.2) is 10.0 Å². The molecule has 0 aliphatic carbocycles. The first-order valence-electron chi connectivity index (χ1n) is 7.58. The average Bonchev–Trinajstić information content (AvgIpc) is 3.29. The van der Waals surface area contributed by atoms with Crippen LogP contribution in [0.1, 0.15) is 32.1 Å². The van der Waals surface area contributed by atoms with E-state index >= 15 is 0 Å². The van der Waals surface area contributed by atoms with E-state index in [1.807, 2.05) is 0 Å². The minimum Gasteiger partial charge on any atom is -0.481 e. The third-order valence-electron chi connectivity index (χ3n) is 3.81. The highest BCUT2D eigenvalue weighted by atomic mass is 32.1. The zero-order valence-electron chi connectivity index (χ0n) is 14.1. The van der Waals surface area contributed by atoms with Crippen molar-refractivity contribution >= 4 is 23.3 Å². The van der Waals surface area contributed by atoms with E-state index in [0.717, 1.165) is 11.5 Å². The number of ether oxygens (including phenoxy) is 2. The van der Waals surface area contributed by atoms with Crippen LogP contribution in [0.25, 0.3) is 0 Å². The fourth-order valence-corrected chi connectivity index (χ4v) is 3.17. The van der Waals surface area contributed by atoms with E-state index < -0.39 is 0 Å². The third-order valence-corrected chi connectivity index (χ3v) is 4.63. The summed E-state index contributed by atoms with van der Waals surface area (Å²) in [5.41, 5.74) is 0.820. The fraction of sp³-hybridized carbons (Fsp3) is 0.400. The molecule has 3 heterocycles. The van der Waals surface area contributed by atoms with Crippen LogP contribution in [-0.4, -0.2) is 63.7 Å². The van der Waals surface area contributed by atoms with Crippen LogP contribution in [0.3, 0.4) is 0 Å². The van der Waals surface area contributed by atoms with Crippen LogP contribution in [0.4, 0.5) is 0 Å². The summed E-state index contributed by atoms with van der Waals surface area (Å²) in [7, 11) is 2.91. The summed E-state index contributed by atoms with van der Waals surface area (Å²) in [5, 5.41) is 6.69. The van der Waals surface area contributed by atoms with Crippen LogP contribution in [0.15, 0.2) is 12.1 Å². The van der Waals surface area contributed by atoms with Crippen molar-refractivity contribution < 1.29 is 19.1 Å². The molecule has 1 aliphatic rings. The number of carbonyl (C=O) groups is 2. The maximum absolute atomic E-state index is 12.9. The standard InChI is InChI=1S/C15H17N5O4S/c1-9-12(25-18-17-9)15(22)20-8-4-7-19(20)14(21)10-5-6-11(23-2)16-13(10)24-3/h5-6H,4,7-8H2,1-3H3. The van der Waals surface area contributed by atoms with Crippen molar-refractivity contribution in [3.05, 3.63) is 28.3 Å². The van der Waals surface area contributed by atoms with Crippen LogP contribution in [0.2, 0.25) is 0 Å². The first kappa shape index (κ1) is 17.1. The summed E-state index contributed by atoms with van der Waals surface area (Å²) in [4.78, 5) is 30.2. The molecule has 0 unspecified atom stereocenters. The van der Waals surface area contributed by atoms with Gasteiger partial charge in [-0.05, 0) is 30.9 Å². The number of methoxy groups -OCH3 is 2. The molecule has 1 aliphatic heterocycles. The monoisotopic (exact) mass is 363 g/mol. The van der Waals surface area contributed by atoms with Gasteiger partial charge in [0, 0.05) is 19.2 Å². The normalized spacial score (nSPS) is 13.9. The summed E-state index contributed by atoms with van der Waals surface area (Å²) in [6.45, 7) is 2.61. The molecule has 0 bridgehead atoms. The molecule has 0 aromatic carbocycles. The van der Waals surface area contributed by atoms with Crippen molar-refractivity contribution in [2.75, 3.05) is 27.3 Å². The highest BCUT2D eigenvalue weighted by Gasteiger charge is 2.35. The number of pyridine rings is 1. The van der Waals surface area contributed by atoms with Gasteiger partial charge in [-0.1, -0.05) is 4.49 Å². The molecule has 10 heteroatoms. The topological polar surface area (TPSA) is 97.8 Å². The Kier molecular flexibility index (Phi) is 4.79. The van der Waals surface area contributed by atoms with E-state index in [1.165, 1.54) is 24.2 Å². The van der Waals surface area contributed by atoms with Crippen molar-refractivity contribution in [1.29, 1.82) is 0 Å². The Labute approximate surface area is 148 Å². The molecule has 0 radical (unpaired) electrons. The number of hydrogen-bond acceptors (Lipinski definition) is 8. The molecular formula is C15H17N5O4S. The first-order valence-corrected chi connectivity index (χ1v) is 8.35. The van der Waals surface area contributed by atoms with Crippen molar-refractivity contribution in [3.63, 3.8) is 0 Å². The first-order chi connectivity index (χ1) is 12.1. The van der Waals surface area contributed by atoms with Gasteiger partial charge in [-0.2, -0.15) is 4.98 Å². The fourth-order valence-electron chi connectivity index (χ4n) is 2.57. The lowest BCUT2D eigenvalue weighted by molar-refractivity contribution is 0.0186. The number of aromatic nitrogens is 3. The second-order valence-electron chi connectivity index (χ2n) is 5.31. The molecule has 3 rings (SSSR count). The number of hydrazine groups is 1. The SMILES string of the molecule is COc1ccc(C(=O)N2CCCN2C(=O)c2snnc2C)c(OC)n1. The van der Waals surface area contributed by atoms with Gasteiger partial charge >= 0.3 is 0 Å². The number of aryl methyl sites for hydroxylation is 1. The molecule has 1 fully saturated rings. The quantitative estimate of drug-likeness (QED) is 0.804. The second kappa shape index (κ2) is 7.01. The summed E-state index contributed by atoms with van der Waals surface area (Å²) < 4.78 is 14.0. The Morgan fingerprint density at radius 3 is 2.44 bits per heavy atom. The van der Waals surface area contributed by atoms with Crippen molar-refractivity contribution in [1.82, 2.24) is 24.6 Å². The predicted octanol–water partition coefficient (Wildman–Crippen LogP) is 1.16. The average molecular weight is 363 g/mol. The van der Waals surface area contributed by atoms with E-state index in [9.17, 15) is 9.59 Å². The summed E-state index contributed by atoms with van der Waals surface area (Å²) in [5.74, 6) is -0.139. The van der Waals surface area contributed by atoms with E-state index in [0.29, 0.717) is 36.0 Å². The molecule has 1 saturated heterocycles. The molecular weight excluding hydrogens is 346 g/mol. The Balaban J connectivity index is 1.89. The van der Waals surface area contributed by atoms with Crippen molar-refractivity contribution in [2.45, 2.75) is 13.3 Å². The molecule has 0 N–H and O–H groups in total. The summed E-state index contributed by atoms with van der Waals surface area (Å²) in [6.07, 6.45) is 0.689. The van der Waals surface area contributed by atoms with Crippen molar-refractivity contribution in [3.8, 4) is 11.8 Å². The van der Waals surface area contributed by atoms with Gasteiger partial charge < -0.3 is 9.47 Å². The smallest absolute Gasteiger partial charge is 0.286 e. The molecule has 9 nitrogen and oxygen atoms in total. The number of carbonyl (C=O) groups excluding carboxylic acids is 2. The number of nitrogens with zero attached hydrogens (tertiary/aromatic N) is 5. The third kappa shape index (κ3) is 3.12.